The van der Waals surface area contributed by atoms with Gasteiger partial charge in [0.25, 0.3) is 0 Å². The number of urea groups is 1. The Hall–Kier alpha value is -0.770. The van der Waals surface area contributed by atoms with Gasteiger partial charge in [0.15, 0.2) is 0 Å². The van der Waals surface area contributed by atoms with Gasteiger partial charge in [0, 0.05) is 20.1 Å². The van der Waals surface area contributed by atoms with Crippen LogP contribution in [0.4, 0.5) is 4.79 Å². The van der Waals surface area contributed by atoms with Crippen molar-refractivity contribution in [3.8, 4) is 0 Å². The summed E-state index contributed by atoms with van der Waals surface area (Å²) < 4.78 is 0. The van der Waals surface area contributed by atoms with Gasteiger partial charge in [-0.15, -0.1) is 0 Å². The van der Waals surface area contributed by atoms with Gasteiger partial charge in [0.2, 0.25) is 0 Å². The molecule has 0 aromatic rings. The van der Waals surface area contributed by atoms with Crippen LogP contribution < -0.4 is 11.1 Å². The Bertz CT molecular complexity index is 222. The molecule has 3 N–H and O–H groups in total. The minimum Gasteiger partial charge on any atom is -0.341 e. The van der Waals surface area contributed by atoms with Crippen molar-refractivity contribution in [3.05, 3.63) is 0 Å². The van der Waals surface area contributed by atoms with Gasteiger partial charge in [-0.25, -0.2) is 4.79 Å². The Balaban J connectivity index is 2.85. The lowest BCUT2D eigenvalue weighted by atomic mass is 9.88. The van der Waals surface area contributed by atoms with E-state index in [1.54, 1.807) is 7.05 Å². The molecule has 4 nitrogen and oxygen atoms in total. The van der Waals surface area contributed by atoms with Crippen LogP contribution in [0.25, 0.3) is 0 Å². The quantitative estimate of drug-likeness (QED) is 0.721. The molecule has 0 aliphatic heterocycles. The van der Waals surface area contributed by atoms with E-state index < -0.39 is 0 Å². The third-order valence-corrected chi connectivity index (χ3v) is 3.76. The second-order valence-electron chi connectivity index (χ2n) is 4.64. The summed E-state index contributed by atoms with van der Waals surface area (Å²) in [5, 5.41) is 2.72. The number of likely N-dealkylation sites (N-methyl/N-ethyl adjacent to an activating group) is 1. The Kier molecular flexibility index (Phi) is 5.06. The van der Waals surface area contributed by atoms with E-state index in [9.17, 15) is 4.79 Å². The standard InChI is InChI=1S/C12H25N3O/c1-3-15(11(16)14-2)12(10-13)8-6-4-5-7-9-12/h3-10,13H2,1-2H3,(H,14,16). The van der Waals surface area contributed by atoms with Gasteiger partial charge in [0.1, 0.15) is 0 Å². The molecule has 0 radical (unpaired) electrons. The lowest BCUT2D eigenvalue weighted by molar-refractivity contribution is 0.108. The van der Waals surface area contributed by atoms with Gasteiger partial charge in [-0.05, 0) is 19.8 Å². The predicted octanol–water partition coefficient (Wildman–Crippen LogP) is 1.70. The molecule has 0 heterocycles. The van der Waals surface area contributed by atoms with Gasteiger partial charge < -0.3 is 16.0 Å². The third kappa shape index (κ3) is 2.67. The van der Waals surface area contributed by atoms with E-state index in [-0.39, 0.29) is 11.6 Å². The maximum absolute atomic E-state index is 11.9. The van der Waals surface area contributed by atoms with Crippen molar-refractivity contribution in [1.82, 2.24) is 10.2 Å². The smallest absolute Gasteiger partial charge is 0.317 e. The minimum atomic E-state index is -0.106. The van der Waals surface area contributed by atoms with Crippen LogP contribution in [-0.2, 0) is 0 Å². The zero-order valence-corrected chi connectivity index (χ0v) is 10.6. The van der Waals surface area contributed by atoms with Gasteiger partial charge in [0.05, 0.1) is 5.54 Å². The lowest BCUT2D eigenvalue weighted by Crippen LogP contribution is -2.58. The van der Waals surface area contributed by atoms with E-state index >= 15 is 0 Å². The molecule has 1 aliphatic rings. The Morgan fingerprint density at radius 2 is 1.88 bits per heavy atom. The van der Waals surface area contributed by atoms with E-state index in [1.807, 2.05) is 11.8 Å². The SMILES string of the molecule is CCN(C(=O)NC)C1(CN)CCCCCC1. The summed E-state index contributed by atoms with van der Waals surface area (Å²) in [5.41, 5.74) is 5.85. The summed E-state index contributed by atoms with van der Waals surface area (Å²) >= 11 is 0. The molecule has 0 spiro atoms. The van der Waals surface area contributed by atoms with Crippen LogP contribution in [0.15, 0.2) is 0 Å². The Labute approximate surface area is 98.6 Å². The average Bonchev–Trinajstić information content (AvgIpc) is 2.56. The van der Waals surface area contributed by atoms with Crippen molar-refractivity contribution in [2.24, 2.45) is 5.73 Å². The highest BCUT2D eigenvalue weighted by Crippen LogP contribution is 2.31. The van der Waals surface area contributed by atoms with Crippen LogP contribution in [0, 0.1) is 0 Å². The van der Waals surface area contributed by atoms with E-state index in [0.29, 0.717) is 6.54 Å². The molecule has 1 aliphatic carbocycles. The molecule has 16 heavy (non-hydrogen) atoms. The summed E-state index contributed by atoms with van der Waals surface area (Å²) in [7, 11) is 1.69. The molecule has 1 fully saturated rings. The molecule has 2 amide bonds. The highest BCUT2D eigenvalue weighted by molar-refractivity contribution is 5.74. The summed E-state index contributed by atoms with van der Waals surface area (Å²) in [5.74, 6) is 0. The van der Waals surface area contributed by atoms with Crippen molar-refractivity contribution >= 4 is 6.03 Å². The molecule has 0 saturated heterocycles. The summed E-state index contributed by atoms with van der Waals surface area (Å²) in [4.78, 5) is 13.8. The monoisotopic (exact) mass is 227 g/mol. The number of carbonyl (C=O) groups is 1. The maximum Gasteiger partial charge on any atom is 0.317 e. The van der Waals surface area contributed by atoms with E-state index in [4.69, 9.17) is 5.73 Å². The molecule has 0 unspecified atom stereocenters. The predicted molar refractivity (Wildman–Crippen MR) is 66.3 cm³/mol. The lowest BCUT2D eigenvalue weighted by Gasteiger charge is -2.42. The Morgan fingerprint density at radius 1 is 1.31 bits per heavy atom. The first kappa shape index (κ1) is 13.3. The number of rotatable bonds is 3. The van der Waals surface area contributed by atoms with Crippen LogP contribution in [0.2, 0.25) is 0 Å². The van der Waals surface area contributed by atoms with Crippen molar-refractivity contribution < 1.29 is 4.79 Å². The molecular formula is C12H25N3O. The van der Waals surface area contributed by atoms with Crippen LogP contribution in [0.3, 0.4) is 0 Å². The first-order chi connectivity index (χ1) is 7.70. The Morgan fingerprint density at radius 3 is 2.25 bits per heavy atom. The molecular weight excluding hydrogens is 202 g/mol. The van der Waals surface area contributed by atoms with Crippen molar-refractivity contribution in [3.63, 3.8) is 0 Å². The van der Waals surface area contributed by atoms with Crippen molar-refractivity contribution in [1.29, 1.82) is 0 Å². The minimum absolute atomic E-state index is 0.00912. The molecule has 0 aromatic heterocycles. The number of amides is 2. The fraction of sp³-hybridized carbons (Fsp3) is 0.917. The van der Waals surface area contributed by atoms with Crippen LogP contribution in [0.5, 0.6) is 0 Å². The van der Waals surface area contributed by atoms with Crippen molar-refractivity contribution in [2.75, 3.05) is 20.1 Å². The topological polar surface area (TPSA) is 58.4 Å². The molecule has 0 aromatic carbocycles. The van der Waals surface area contributed by atoms with Gasteiger partial charge in [-0.3, -0.25) is 0 Å². The van der Waals surface area contributed by atoms with E-state index in [0.717, 1.165) is 19.4 Å². The van der Waals surface area contributed by atoms with E-state index in [1.165, 1.54) is 25.7 Å². The fourth-order valence-electron chi connectivity index (χ4n) is 2.80. The number of nitrogens with zero attached hydrogens (tertiary/aromatic N) is 1. The second-order valence-corrected chi connectivity index (χ2v) is 4.64. The van der Waals surface area contributed by atoms with E-state index in [2.05, 4.69) is 5.32 Å². The van der Waals surface area contributed by atoms with Crippen molar-refractivity contribution in [2.45, 2.75) is 51.0 Å². The summed E-state index contributed by atoms with van der Waals surface area (Å²) in [6.45, 7) is 3.34. The first-order valence-electron chi connectivity index (χ1n) is 6.39. The fourth-order valence-corrected chi connectivity index (χ4v) is 2.80. The molecule has 94 valence electrons. The molecule has 0 atom stereocenters. The molecule has 1 saturated carbocycles. The van der Waals surface area contributed by atoms with Gasteiger partial charge in [-0.2, -0.15) is 0 Å². The average molecular weight is 227 g/mol. The number of hydrogen-bond acceptors (Lipinski definition) is 2. The van der Waals surface area contributed by atoms with Crippen LogP contribution in [-0.4, -0.2) is 36.6 Å². The zero-order valence-electron chi connectivity index (χ0n) is 10.6. The largest absolute Gasteiger partial charge is 0.341 e. The summed E-state index contributed by atoms with van der Waals surface area (Å²) in [6, 6.07) is 0.00912. The normalized spacial score (nSPS) is 19.9. The number of carbonyl (C=O) groups excluding carboxylic acids is 1. The zero-order chi connectivity index (χ0) is 12.0. The number of hydrogen-bond donors (Lipinski definition) is 2. The highest BCUT2D eigenvalue weighted by Gasteiger charge is 2.37. The molecule has 4 heteroatoms. The molecule has 0 bridgehead atoms. The number of nitrogens with two attached hydrogens (primary N) is 1. The van der Waals surface area contributed by atoms with Crippen LogP contribution >= 0.6 is 0 Å². The molecule has 1 rings (SSSR count). The number of nitrogens with one attached hydrogen (secondary N) is 1. The summed E-state index contributed by atoms with van der Waals surface area (Å²) in [6.07, 6.45) is 7.00. The first-order valence-corrected chi connectivity index (χ1v) is 6.39. The third-order valence-electron chi connectivity index (χ3n) is 3.76. The van der Waals surface area contributed by atoms with Crippen LogP contribution in [0.1, 0.15) is 45.4 Å². The second kappa shape index (κ2) is 6.09. The highest BCUT2D eigenvalue weighted by atomic mass is 16.2. The van der Waals surface area contributed by atoms with Gasteiger partial charge >= 0.3 is 6.03 Å². The van der Waals surface area contributed by atoms with Gasteiger partial charge in [-0.1, -0.05) is 25.7 Å². The maximum atomic E-state index is 11.9.